The van der Waals surface area contributed by atoms with Crippen LogP contribution in [0, 0.1) is 0 Å². The fourth-order valence-corrected chi connectivity index (χ4v) is 6.45. The Balaban J connectivity index is 1.30. The highest BCUT2D eigenvalue weighted by Gasteiger charge is 2.26. The first-order valence-electron chi connectivity index (χ1n) is 11.8. The Morgan fingerprint density at radius 1 is 1.05 bits per heavy atom. The highest BCUT2D eigenvalue weighted by molar-refractivity contribution is 8.01. The Hall–Kier alpha value is -3.37. The molecule has 0 atom stereocenters. The third-order valence-electron chi connectivity index (χ3n) is 5.37. The molecule has 0 aliphatic carbocycles. The minimum atomic E-state index is -3.66. The van der Waals surface area contributed by atoms with Gasteiger partial charge in [0.1, 0.15) is 0 Å². The molecule has 2 N–H and O–H groups in total. The molecule has 1 saturated heterocycles. The van der Waals surface area contributed by atoms with E-state index in [9.17, 15) is 22.8 Å². The number of para-hydroxylation sites is 1. The van der Waals surface area contributed by atoms with Gasteiger partial charge in [-0.3, -0.25) is 14.9 Å². The number of nitrogens with one attached hydrogen (secondary N) is 2. The van der Waals surface area contributed by atoms with Crippen molar-refractivity contribution in [2.24, 2.45) is 0 Å². The fourth-order valence-electron chi connectivity index (χ4n) is 3.49. The van der Waals surface area contributed by atoms with Gasteiger partial charge < -0.3 is 14.8 Å². The van der Waals surface area contributed by atoms with Gasteiger partial charge in [0.25, 0.3) is 5.91 Å². The molecular formula is C24H25N5O7S3. The molecule has 0 radical (unpaired) electrons. The van der Waals surface area contributed by atoms with Crippen LogP contribution in [0.15, 0.2) is 57.8 Å². The lowest BCUT2D eigenvalue weighted by atomic mass is 10.2. The Bertz CT molecular complexity index is 1440. The molecule has 3 aromatic rings. The monoisotopic (exact) mass is 591 g/mol. The fraction of sp³-hybridized carbons (Fsp3) is 0.292. The number of benzene rings is 2. The van der Waals surface area contributed by atoms with Crippen LogP contribution in [0.4, 0.5) is 10.8 Å². The van der Waals surface area contributed by atoms with E-state index in [2.05, 4.69) is 20.8 Å². The maximum absolute atomic E-state index is 12.7. The second-order valence-corrected chi connectivity index (χ2v) is 12.1. The molecule has 4 rings (SSSR count). The first-order chi connectivity index (χ1) is 18.8. The van der Waals surface area contributed by atoms with E-state index in [-0.39, 0.29) is 52.5 Å². The van der Waals surface area contributed by atoms with E-state index in [1.165, 1.54) is 28.6 Å². The number of carbonyl (C=O) groups excluding carboxylic acids is 3. The number of nitrogens with zero attached hydrogens (tertiary/aromatic N) is 3. The van der Waals surface area contributed by atoms with Crippen LogP contribution in [0.25, 0.3) is 0 Å². The first-order valence-corrected chi connectivity index (χ1v) is 15.0. The van der Waals surface area contributed by atoms with Crippen LogP contribution in [-0.2, 0) is 24.3 Å². The average Bonchev–Trinajstić information content (AvgIpc) is 3.40. The van der Waals surface area contributed by atoms with Gasteiger partial charge in [0.15, 0.2) is 4.34 Å². The van der Waals surface area contributed by atoms with Crippen molar-refractivity contribution in [3.8, 4) is 0 Å². The molecule has 1 aliphatic rings. The number of ether oxygens (including phenoxy) is 2. The number of sulfonamides is 1. The van der Waals surface area contributed by atoms with Crippen molar-refractivity contribution in [2.45, 2.75) is 16.2 Å². The smallest absolute Gasteiger partial charge is 0.340 e. The molecule has 206 valence electrons. The van der Waals surface area contributed by atoms with Crippen LogP contribution in [0.2, 0.25) is 0 Å². The molecule has 15 heteroatoms. The van der Waals surface area contributed by atoms with Crippen molar-refractivity contribution in [2.75, 3.05) is 49.3 Å². The average molecular weight is 592 g/mol. The van der Waals surface area contributed by atoms with E-state index in [4.69, 9.17) is 9.47 Å². The summed E-state index contributed by atoms with van der Waals surface area (Å²) in [5.41, 5.74) is 0.848. The highest BCUT2D eigenvalue weighted by atomic mass is 32.2. The number of thioether (sulfide) groups is 1. The first kappa shape index (κ1) is 28.6. The van der Waals surface area contributed by atoms with Gasteiger partial charge in [-0.05, 0) is 43.3 Å². The maximum atomic E-state index is 12.7. The molecule has 1 fully saturated rings. The number of hydrogen-bond acceptors (Lipinski definition) is 11. The predicted molar refractivity (Wildman–Crippen MR) is 146 cm³/mol. The van der Waals surface area contributed by atoms with E-state index >= 15 is 0 Å². The molecule has 0 unspecified atom stereocenters. The van der Waals surface area contributed by atoms with Crippen molar-refractivity contribution < 1.29 is 32.3 Å². The Morgan fingerprint density at radius 2 is 1.77 bits per heavy atom. The van der Waals surface area contributed by atoms with Crippen molar-refractivity contribution in [3.63, 3.8) is 0 Å². The molecular weight excluding hydrogens is 566 g/mol. The van der Waals surface area contributed by atoms with Crippen molar-refractivity contribution in [1.82, 2.24) is 14.5 Å². The van der Waals surface area contributed by atoms with Gasteiger partial charge in [0.05, 0.1) is 41.7 Å². The Labute approximate surface area is 233 Å². The number of aromatic nitrogens is 2. The van der Waals surface area contributed by atoms with E-state index in [1.54, 1.807) is 31.2 Å². The zero-order valence-corrected chi connectivity index (χ0v) is 23.2. The van der Waals surface area contributed by atoms with Gasteiger partial charge in [-0.15, -0.1) is 10.2 Å². The van der Waals surface area contributed by atoms with Crippen LogP contribution in [0.3, 0.4) is 0 Å². The number of anilines is 2. The van der Waals surface area contributed by atoms with Crippen LogP contribution in [-0.4, -0.2) is 79.4 Å². The van der Waals surface area contributed by atoms with E-state index in [0.29, 0.717) is 23.2 Å². The molecule has 2 amide bonds. The molecule has 1 aliphatic heterocycles. The van der Waals surface area contributed by atoms with Crippen LogP contribution in [0.1, 0.15) is 27.6 Å². The lowest BCUT2D eigenvalue weighted by Gasteiger charge is -2.26. The van der Waals surface area contributed by atoms with Gasteiger partial charge in [-0.1, -0.05) is 35.2 Å². The Kier molecular flexibility index (Phi) is 9.63. The largest absolute Gasteiger partial charge is 0.462 e. The van der Waals surface area contributed by atoms with Crippen molar-refractivity contribution >= 4 is 61.7 Å². The molecule has 0 spiro atoms. The maximum Gasteiger partial charge on any atom is 0.340 e. The quantitative estimate of drug-likeness (QED) is 0.204. The molecule has 39 heavy (non-hydrogen) atoms. The minimum absolute atomic E-state index is 0.00117. The SMILES string of the molecule is CCOC(=O)c1ccccc1NC(=O)CSc1nnc(NC(=O)c2ccc(S(=O)(=O)N3CCOCC3)cc2)s1. The lowest BCUT2D eigenvalue weighted by Crippen LogP contribution is -2.40. The molecule has 12 nitrogen and oxygen atoms in total. The molecule has 2 aromatic carbocycles. The number of carbonyl (C=O) groups is 3. The third kappa shape index (κ3) is 7.39. The second kappa shape index (κ2) is 13.1. The van der Waals surface area contributed by atoms with Crippen molar-refractivity contribution in [1.29, 1.82) is 0 Å². The molecule has 2 heterocycles. The summed E-state index contributed by atoms with van der Waals surface area (Å²) in [4.78, 5) is 37.2. The van der Waals surface area contributed by atoms with Crippen molar-refractivity contribution in [3.05, 3.63) is 59.7 Å². The molecule has 1 aromatic heterocycles. The van der Waals surface area contributed by atoms with Gasteiger partial charge >= 0.3 is 5.97 Å². The van der Waals surface area contributed by atoms with Gasteiger partial charge in [0.2, 0.25) is 21.1 Å². The zero-order valence-electron chi connectivity index (χ0n) is 20.8. The van der Waals surface area contributed by atoms with Gasteiger partial charge in [-0.2, -0.15) is 4.31 Å². The topological polar surface area (TPSA) is 157 Å². The number of morpholine rings is 1. The normalized spacial score (nSPS) is 14.0. The van der Waals surface area contributed by atoms with E-state index in [0.717, 1.165) is 23.1 Å². The van der Waals surface area contributed by atoms with Gasteiger partial charge in [-0.25, -0.2) is 13.2 Å². The number of amides is 2. The molecule has 0 saturated carbocycles. The van der Waals surface area contributed by atoms with Crippen LogP contribution >= 0.6 is 23.1 Å². The Morgan fingerprint density at radius 3 is 2.49 bits per heavy atom. The summed E-state index contributed by atoms with van der Waals surface area (Å²) < 4.78 is 37.5. The second-order valence-electron chi connectivity index (χ2n) is 7.97. The summed E-state index contributed by atoms with van der Waals surface area (Å²) in [6.45, 7) is 3.17. The lowest BCUT2D eigenvalue weighted by molar-refractivity contribution is -0.113. The summed E-state index contributed by atoms with van der Waals surface area (Å²) in [5, 5.41) is 13.4. The van der Waals surface area contributed by atoms with E-state index < -0.39 is 21.9 Å². The van der Waals surface area contributed by atoms with Crippen LogP contribution in [0.5, 0.6) is 0 Å². The number of esters is 1. The number of hydrogen-bond donors (Lipinski definition) is 2. The summed E-state index contributed by atoms with van der Waals surface area (Å²) in [6, 6.07) is 12.2. The van der Waals surface area contributed by atoms with Crippen LogP contribution < -0.4 is 10.6 Å². The summed E-state index contributed by atoms with van der Waals surface area (Å²) >= 11 is 2.20. The summed E-state index contributed by atoms with van der Waals surface area (Å²) in [7, 11) is -3.66. The summed E-state index contributed by atoms with van der Waals surface area (Å²) in [5.74, 6) is -1.37. The van der Waals surface area contributed by atoms with E-state index in [1.807, 2.05) is 0 Å². The van der Waals surface area contributed by atoms with Gasteiger partial charge in [0, 0.05) is 18.7 Å². The standard InChI is InChI=1S/C24H25N5O7S3/c1-2-36-22(32)18-5-3-4-6-19(18)25-20(30)15-37-24-28-27-23(38-24)26-21(31)16-7-9-17(10-8-16)39(33,34)29-11-13-35-14-12-29/h3-10H,2,11-15H2,1H3,(H,25,30)(H,26,27,31). The molecule has 0 bridgehead atoms. The minimum Gasteiger partial charge on any atom is -0.462 e. The third-order valence-corrected chi connectivity index (χ3v) is 9.26. The zero-order chi connectivity index (χ0) is 27.8. The summed E-state index contributed by atoms with van der Waals surface area (Å²) in [6.07, 6.45) is 0. The number of rotatable bonds is 10. The highest BCUT2D eigenvalue weighted by Crippen LogP contribution is 2.26. The predicted octanol–water partition coefficient (Wildman–Crippen LogP) is 2.72.